The zero-order valence-corrected chi connectivity index (χ0v) is 7.92. The molecule has 0 saturated heterocycles. The topological polar surface area (TPSA) is 67.5 Å². The molecule has 1 amide bonds. The molecule has 0 aliphatic heterocycles. The SMILES string of the molecule is CNC(=O)CCN=C(N)C(C)C. The lowest BCUT2D eigenvalue weighted by atomic mass is 10.2. The van der Waals surface area contributed by atoms with Crippen LogP contribution < -0.4 is 11.1 Å². The molecule has 4 heteroatoms. The number of hydrogen-bond donors (Lipinski definition) is 2. The van der Waals surface area contributed by atoms with Crippen molar-refractivity contribution in [1.29, 1.82) is 0 Å². The van der Waals surface area contributed by atoms with Crippen molar-refractivity contribution in [2.75, 3.05) is 13.6 Å². The largest absolute Gasteiger partial charge is 0.387 e. The van der Waals surface area contributed by atoms with Crippen molar-refractivity contribution in [3.63, 3.8) is 0 Å². The number of amides is 1. The van der Waals surface area contributed by atoms with E-state index in [1.54, 1.807) is 7.05 Å². The number of nitrogens with two attached hydrogens (primary N) is 1. The Balaban J connectivity index is 3.67. The molecule has 0 aromatic carbocycles. The van der Waals surface area contributed by atoms with Crippen LogP contribution in [0.15, 0.2) is 4.99 Å². The van der Waals surface area contributed by atoms with E-state index in [-0.39, 0.29) is 11.8 Å². The molecule has 12 heavy (non-hydrogen) atoms. The second-order valence-corrected chi connectivity index (χ2v) is 2.88. The summed E-state index contributed by atoms with van der Waals surface area (Å²) < 4.78 is 0. The summed E-state index contributed by atoms with van der Waals surface area (Å²) in [5.74, 6) is 0.865. The molecule has 0 fully saturated rings. The molecule has 0 heterocycles. The summed E-state index contributed by atoms with van der Waals surface area (Å²) in [6, 6.07) is 0. The number of hydrogen-bond acceptors (Lipinski definition) is 2. The number of carbonyl (C=O) groups excluding carboxylic acids is 1. The number of nitrogens with one attached hydrogen (secondary N) is 1. The van der Waals surface area contributed by atoms with Crippen LogP contribution in [0.25, 0.3) is 0 Å². The van der Waals surface area contributed by atoms with E-state index in [0.29, 0.717) is 18.8 Å². The van der Waals surface area contributed by atoms with Gasteiger partial charge in [-0.2, -0.15) is 0 Å². The first-order chi connectivity index (χ1) is 5.57. The smallest absolute Gasteiger partial charge is 0.221 e. The highest BCUT2D eigenvalue weighted by Crippen LogP contribution is 1.92. The summed E-state index contributed by atoms with van der Waals surface area (Å²) in [4.78, 5) is 14.8. The maximum Gasteiger partial charge on any atom is 0.221 e. The summed E-state index contributed by atoms with van der Waals surface area (Å²) in [5.41, 5.74) is 5.56. The fourth-order valence-corrected chi connectivity index (χ4v) is 0.594. The molecule has 0 atom stereocenters. The molecule has 3 N–H and O–H groups in total. The van der Waals surface area contributed by atoms with E-state index >= 15 is 0 Å². The molecule has 4 nitrogen and oxygen atoms in total. The molecule has 0 saturated carbocycles. The van der Waals surface area contributed by atoms with E-state index in [4.69, 9.17) is 5.73 Å². The summed E-state index contributed by atoms with van der Waals surface area (Å²) in [6.45, 7) is 4.42. The van der Waals surface area contributed by atoms with Crippen LogP contribution in [-0.4, -0.2) is 25.3 Å². The van der Waals surface area contributed by atoms with E-state index in [9.17, 15) is 4.79 Å². The Kier molecular flexibility index (Phi) is 5.08. The molecule has 0 bridgehead atoms. The van der Waals surface area contributed by atoms with Gasteiger partial charge in [-0.15, -0.1) is 0 Å². The molecule has 70 valence electrons. The Morgan fingerprint density at radius 2 is 2.17 bits per heavy atom. The first-order valence-corrected chi connectivity index (χ1v) is 4.08. The van der Waals surface area contributed by atoms with Gasteiger partial charge in [-0.25, -0.2) is 0 Å². The summed E-state index contributed by atoms with van der Waals surface area (Å²) in [5, 5.41) is 2.52. The third-order valence-corrected chi connectivity index (χ3v) is 1.50. The maximum atomic E-state index is 10.7. The highest BCUT2D eigenvalue weighted by molar-refractivity contribution is 5.82. The minimum absolute atomic E-state index is 0.00435. The van der Waals surface area contributed by atoms with E-state index in [1.807, 2.05) is 13.8 Å². The van der Waals surface area contributed by atoms with Gasteiger partial charge in [-0.3, -0.25) is 9.79 Å². The number of amidine groups is 1. The number of carbonyl (C=O) groups is 1. The van der Waals surface area contributed by atoms with Crippen molar-refractivity contribution >= 4 is 11.7 Å². The zero-order valence-electron chi connectivity index (χ0n) is 7.92. The second-order valence-electron chi connectivity index (χ2n) is 2.88. The normalized spacial score (nSPS) is 11.8. The van der Waals surface area contributed by atoms with E-state index in [1.165, 1.54) is 0 Å². The van der Waals surface area contributed by atoms with Crippen LogP contribution in [0, 0.1) is 5.92 Å². The van der Waals surface area contributed by atoms with Crippen molar-refractivity contribution in [2.45, 2.75) is 20.3 Å². The Labute approximate surface area is 73.2 Å². The fraction of sp³-hybridized carbons (Fsp3) is 0.750. The van der Waals surface area contributed by atoms with E-state index < -0.39 is 0 Å². The molecule has 0 aliphatic carbocycles. The molecule has 0 aromatic rings. The summed E-state index contributed by atoms with van der Waals surface area (Å²) in [7, 11) is 1.61. The predicted octanol–water partition coefficient (Wildman–Crippen LogP) is 0.136. The van der Waals surface area contributed by atoms with Crippen LogP contribution in [-0.2, 0) is 4.79 Å². The van der Waals surface area contributed by atoms with Gasteiger partial charge in [0.2, 0.25) is 5.91 Å². The molecule has 0 spiro atoms. The van der Waals surface area contributed by atoms with Crippen LogP contribution in [0.5, 0.6) is 0 Å². The summed E-state index contributed by atoms with van der Waals surface area (Å²) in [6.07, 6.45) is 0.407. The number of nitrogens with zero attached hydrogens (tertiary/aromatic N) is 1. The van der Waals surface area contributed by atoms with Gasteiger partial charge in [0.15, 0.2) is 0 Å². The minimum atomic E-state index is -0.00435. The number of rotatable bonds is 4. The van der Waals surface area contributed by atoms with Gasteiger partial charge in [0.1, 0.15) is 0 Å². The van der Waals surface area contributed by atoms with Crippen molar-refractivity contribution < 1.29 is 4.79 Å². The van der Waals surface area contributed by atoms with Gasteiger partial charge in [-0.05, 0) is 0 Å². The predicted molar refractivity (Wildman–Crippen MR) is 50.0 cm³/mol. The lowest BCUT2D eigenvalue weighted by molar-refractivity contribution is -0.120. The Morgan fingerprint density at radius 3 is 2.58 bits per heavy atom. The highest BCUT2D eigenvalue weighted by atomic mass is 16.1. The van der Waals surface area contributed by atoms with Crippen LogP contribution in [0.1, 0.15) is 20.3 Å². The Bertz CT molecular complexity index is 175. The molecule has 0 rings (SSSR count). The average Bonchev–Trinajstić information content (AvgIpc) is 2.03. The van der Waals surface area contributed by atoms with Gasteiger partial charge in [0, 0.05) is 25.9 Å². The monoisotopic (exact) mass is 171 g/mol. The molecular weight excluding hydrogens is 154 g/mol. The van der Waals surface area contributed by atoms with Gasteiger partial charge in [-0.1, -0.05) is 13.8 Å². The van der Waals surface area contributed by atoms with E-state index in [2.05, 4.69) is 10.3 Å². The molecule has 0 unspecified atom stereocenters. The minimum Gasteiger partial charge on any atom is -0.387 e. The van der Waals surface area contributed by atoms with Crippen LogP contribution in [0.4, 0.5) is 0 Å². The van der Waals surface area contributed by atoms with Gasteiger partial charge >= 0.3 is 0 Å². The lowest BCUT2D eigenvalue weighted by Crippen LogP contribution is -2.21. The van der Waals surface area contributed by atoms with Crippen LogP contribution in [0.3, 0.4) is 0 Å². The quantitative estimate of drug-likeness (QED) is 0.466. The third-order valence-electron chi connectivity index (χ3n) is 1.50. The lowest BCUT2D eigenvalue weighted by Gasteiger charge is -2.03. The van der Waals surface area contributed by atoms with Crippen LogP contribution in [0.2, 0.25) is 0 Å². The average molecular weight is 171 g/mol. The summed E-state index contributed by atoms with van der Waals surface area (Å²) >= 11 is 0. The maximum absolute atomic E-state index is 10.7. The molecular formula is C8H17N3O. The highest BCUT2D eigenvalue weighted by Gasteiger charge is 1.99. The first kappa shape index (κ1) is 10.9. The molecule has 0 radical (unpaired) electrons. The first-order valence-electron chi connectivity index (χ1n) is 4.08. The van der Waals surface area contributed by atoms with Gasteiger partial charge in [0.25, 0.3) is 0 Å². The fourth-order valence-electron chi connectivity index (χ4n) is 0.594. The Hall–Kier alpha value is -1.06. The van der Waals surface area contributed by atoms with Crippen molar-refractivity contribution in [3.05, 3.63) is 0 Å². The molecule has 0 aromatic heterocycles. The zero-order chi connectivity index (χ0) is 9.56. The third kappa shape index (κ3) is 4.71. The van der Waals surface area contributed by atoms with Gasteiger partial charge in [0.05, 0.1) is 5.84 Å². The Morgan fingerprint density at radius 1 is 1.58 bits per heavy atom. The standard InChI is InChI=1S/C8H17N3O/c1-6(2)8(9)11-5-4-7(12)10-3/h6H,4-5H2,1-3H3,(H2,9,11)(H,10,12). The van der Waals surface area contributed by atoms with Crippen LogP contribution >= 0.6 is 0 Å². The molecule has 0 aliphatic rings. The van der Waals surface area contributed by atoms with E-state index in [0.717, 1.165) is 0 Å². The van der Waals surface area contributed by atoms with Crippen molar-refractivity contribution in [3.8, 4) is 0 Å². The van der Waals surface area contributed by atoms with Gasteiger partial charge < -0.3 is 11.1 Å². The van der Waals surface area contributed by atoms with Crippen molar-refractivity contribution in [1.82, 2.24) is 5.32 Å². The number of aliphatic imine (C=N–C) groups is 1. The second kappa shape index (κ2) is 5.57. The van der Waals surface area contributed by atoms with Crippen molar-refractivity contribution in [2.24, 2.45) is 16.6 Å².